The van der Waals surface area contributed by atoms with Gasteiger partial charge in [-0.2, -0.15) is 0 Å². The van der Waals surface area contributed by atoms with Gasteiger partial charge in [-0.1, -0.05) is 48.7 Å². The number of anilines is 1. The Kier molecular flexibility index (Phi) is 5.41. The summed E-state index contributed by atoms with van der Waals surface area (Å²) in [4.78, 5) is 4.22. The van der Waals surface area contributed by atoms with E-state index in [1.165, 1.54) is 0 Å². The van der Waals surface area contributed by atoms with Crippen LogP contribution in [0.5, 0.6) is 0 Å². The molecule has 20 heavy (non-hydrogen) atoms. The molecule has 1 aromatic rings. The average molecular weight is 338 g/mol. The Morgan fingerprint density at radius 2 is 2.00 bits per heavy atom. The van der Waals surface area contributed by atoms with Gasteiger partial charge in [0, 0.05) is 12.6 Å². The molecule has 0 amide bonds. The van der Waals surface area contributed by atoms with Crippen molar-refractivity contribution in [3.8, 4) is 0 Å². The molecule has 1 aliphatic heterocycles. The van der Waals surface area contributed by atoms with Crippen LogP contribution in [0.4, 0.5) is 5.82 Å². The lowest BCUT2D eigenvalue weighted by Gasteiger charge is -2.40. The first kappa shape index (κ1) is 16.2. The van der Waals surface area contributed by atoms with Gasteiger partial charge in [-0.25, -0.2) is 4.98 Å². The van der Waals surface area contributed by atoms with Crippen LogP contribution in [0.1, 0.15) is 39.5 Å². The number of hydrogen-bond acceptors (Lipinski definition) is 3. The molecule has 1 aromatic heterocycles. The molecule has 1 atom stereocenters. The second kappa shape index (κ2) is 6.69. The number of nitrogens with one attached hydrogen (secondary N) is 1. The van der Waals surface area contributed by atoms with Gasteiger partial charge in [0.1, 0.15) is 11.0 Å². The van der Waals surface area contributed by atoms with Crippen LogP contribution in [0.25, 0.3) is 0 Å². The van der Waals surface area contributed by atoms with Gasteiger partial charge in [0.25, 0.3) is 0 Å². The number of halogens is 3. The van der Waals surface area contributed by atoms with Crippen LogP contribution < -0.4 is 5.32 Å². The van der Waals surface area contributed by atoms with Crippen molar-refractivity contribution >= 4 is 40.6 Å². The number of rotatable bonds is 4. The van der Waals surface area contributed by atoms with Gasteiger partial charge in [0.2, 0.25) is 0 Å². The van der Waals surface area contributed by atoms with Crippen molar-refractivity contribution in [3.63, 3.8) is 0 Å². The van der Waals surface area contributed by atoms with E-state index in [2.05, 4.69) is 24.1 Å². The van der Waals surface area contributed by atoms with Crippen LogP contribution in [-0.2, 0) is 4.74 Å². The highest BCUT2D eigenvalue weighted by molar-refractivity contribution is 6.42. The first-order chi connectivity index (χ1) is 9.49. The normalized spacial score (nSPS) is 21.8. The molecule has 1 saturated heterocycles. The molecule has 6 heteroatoms. The van der Waals surface area contributed by atoms with Crippen molar-refractivity contribution in [2.75, 3.05) is 11.9 Å². The number of aromatic nitrogens is 1. The Hall–Kier alpha value is -0.220. The summed E-state index contributed by atoms with van der Waals surface area (Å²) in [6, 6.07) is 1.90. The fourth-order valence-electron chi connectivity index (χ4n) is 2.63. The largest absolute Gasteiger partial charge is 0.375 e. The average Bonchev–Trinajstić information content (AvgIpc) is 2.45. The second-order valence-electron chi connectivity index (χ2n) is 5.16. The van der Waals surface area contributed by atoms with E-state index in [-0.39, 0.29) is 16.8 Å². The molecule has 112 valence electrons. The Morgan fingerprint density at radius 3 is 2.65 bits per heavy atom. The molecule has 2 rings (SSSR count). The minimum atomic E-state index is -0.0430. The maximum absolute atomic E-state index is 6.16. The van der Waals surface area contributed by atoms with Crippen LogP contribution >= 0.6 is 34.8 Å². The van der Waals surface area contributed by atoms with Crippen LogP contribution in [0.3, 0.4) is 0 Å². The summed E-state index contributed by atoms with van der Waals surface area (Å²) in [5, 5.41) is 4.50. The summed E-state index contributed by atoms with van der Waals surface area (Å²) in [6.07, 6.45) is 3.88. The van der Waals surface area contributed by atoms with Crippen LogP contribution in [-0.4, -0.2) is 23.2 Å². The lowest BCUT2D eigenvalue weighted by Crippen LogP contribution is -2.43. The lowest BCUT2D eigenvalue weighted by atomic mass is 9.86. The number of hydrogen-bond donors (Lipinski definition) is 1. The van der Waals surface area contributed by atoms with Crippen LogP contribution in [0.2, 0.25) is 15.2 Å². The quantitative estimate of drug-likeness (QED) is 0.768. The summed E-state index contributed by atoms with van der Waals surface area (Å²) in [5.41, 5.74) is -0.0430. The fourth-order valence-corrected chi connectivity index (χ4v) is 3.18. The first-order valence-electron chi connectivity index (χ1n) is 6.91. The molecule has 1 unspecified atom stereocenters. The summed E-state index contributed by atoms with van der Waals surface area (Å²) < 4.78 is 5.96. The van der Waals surface area contributed by atoms with Crippen molar-refractivity contribution in [3.05, 3.63) is 21.3 Å². The van der Waals surface area contributed by atoms with Crippen molar-refractivity contribution in [1.82, 2.24) is 4.98 Å². The van der Waals surface area contributed by atoms with Crippen molar-refractivity contribution in [2.45, 2.75) is 51.2 Å². The number of pyridine rings is 1. The molecule has 0 spiro atoms. The Labute approximate surface area is 135 Å². The van der Waals surface area contributed by atoms with Crippen LogP contribution in [0, 0.1) is 0 Å². The van der Waals surface area contributed by atoms with Crippen molar-refractivity contribution in [2.24, 2.45) is 0 Å². The molecule has 1 N–H and O–H groups in total. The molecule has 0 saturated carbocycles. The van der Waals surface area contributed by atoms with E-state index in [9.17, 15) is 0 Å². The number of nitrogens with zero attached hydrogens (tertiary/aromatic N) is 1. The third kappa shape index (κ3) is 3.51. The van der Waals surface area contributed by atoms with Gasteiger partial charge in [0.05, 0.1) is 15.6 Å². The Bertz CT molecular complexity index is 478. The highest BCUT2D eigenvalue weighted by Crippen LogP contribution is 2.34. The van der Waals surface area contributed by atoms with Gasteiger partial charge in [-0.05, 0) is 31.7 Å². The van der Waals surface area contributed by atoms with E-state index in [0.29, 0.717) is 15.9 Å². The third-order valence-electron chi connectivity index (χ3n) is 4.01. The molecule has 0 bridgehead atoms. The molecule has 0 radical (unpaired) electrons. The molecule has 1 fully saturated rings. The molecule has 2 heterocycles. The SMILES string of the molecule is CCC1(CC)CC(Nc2nc(Cl)c(Cl)cc2Cl)CCO1. The Morgan fingerprint density at radius 1 is 1.30 bits per heavy atom. The predicted octanol–water partition coefficient (Wildman–Crippen LogP) is 5.19. The third-order valence-corrected chi connectivity index (χ3v) is 4.97. The van der Waals surface area contributed by atoms with Crippen molar-refractivity contribution < 1.29 is 4.74 Å². The highest BCUT2D eigenvalue weighted by atomic mass is 35.5. The van der Waals surface area contributed by atoms with Gasteiger partial charge >= 0.3 is 0 Å². The van der Waals surface area contributed by atoms with E-state index >= 15 is 0 Å². The number of ether oxygens (including phenoxy) is 1. The van der Waals surface area contributed by atoms with Crippen LogP contribution in [0.15, 0.2) is 6.07 Å². The smallest absolute Gasteiger partial charge is 0.150 e. The monoisotopic (exact) mass is 336 g/mol. The lowest BCUT2D eigenvalue weighted by molar-refractivity contribution is -0.0864. The molecule has 0 aliphatic carbocycles. The predicted molar refractivity (Wildman–Crippen MR) is 85.2 cm³/mol. The Balaban J connectivity index is 2.12. The van der Waals surface area contributed by atoms with Crippen molar-refractivity contribution in [1.29, 1.82) is 0 Å². The van der Waals surface area contributed by atoms with E-state index in [0.717, 1.165) is 32.3 Å². The zero-order chi connectivity index (χ0) is 14.8. The standard InChI is InChI=1S/C14H19Cl3N2O/c1-3-14(4-2)8-9(5-6-20-14)18-13-11(16)7-10(15)12(17)19-13/h7,9H,3-6,8H2,1-2H3,(H,18,19). The molecular formula is C14H19Cl3N2O. The molecule has 3 nitrogen and oxygen atoms in total. The zero-order valence-electron chi connectivity index (χ0n) is 11.7. The minimum absolute atomic E-state index is 0.0430. The van der Waals surface area contributed by atoms with Gasteiger partial charge < -0.3 is 10.1 Å². The summed E-state index contributed by atoms with van der Waals surface area (Å²) in [6.45, 7) is 5.07. The maximum atomic E-state index is 6.16. The first-order valence-corrected chi connectivity index (χ1v) is 8.05. The van der Waals surface area contributed by atoms with Gasteiger partial charge in [-0.15, -0.1) is 0 Å². The molecule has 1 aliphatic rings. The molecular weight excluding hydrogens is 319 g/mol. The maximum Gasteiger partial charge on any atom is 0.150 e. The molecule has 0 aromatic carbocycles. The fraction of sp³-hybridized carbons (Fsp3) is 0.643. The van der Waals surface area contributed by atoms with E-state index < -0.39 is 0 Å². The second-order valence-corrected chi connectivity index (χ2v) is 6.34. The van der Waals surface area contributed by atoms with E-state index in [1.807, 2.05) is 0 Å². The summed E-state index contributed by atoms with van der Waals surface area (Å²) in [5.74, 6) is 0.592. The summed E-state index contributed by atoms with van der Waals surface area (Å²) >= 11 is 18.0. The minimum Gasteiger partial charge on any atom is -0.375 e. The zero-order valence-corrected chi connectivity index (χ0v) is 13.9. The summed E-state index contributed by atoms with van der Waals surface area (Å²) in [7, 11) is 0. The topological polar surface area (TPSA) is 34.2 Å². The van der Waals surface area contributed by atoms with E-state index in [1.54, 1.807) is 6.07 Å². The van der Waals surface area contributed by atoms with Gasteiger partial charge in [-0.3, -0.25) is 0 Å². The highest BCUT2D eigenvalue weighted by Gasteiger charge is 2.34. The van der Waals surface area contributed by atoms with Gasteiger partial charge in [0.15, 0.2) is 0 Å². The van der Waals surface area contributed by atoms with E-state index in [4.69, 9.17) is 39.5 Å².